The van der Waals surface area contributed by atoms with Gasteiger partial charge in [-0.15, -0.1) is 0 Å². The zero-order valence-corrected chi connectivity index (χ0v) is 15.4. The summed E-state index contributed by atoms with van der Waals surface area (Å²) in [5, 5.41) is 2.79. The zero-order valence-electron chi connectivity index (χ0n) is 15.4. The van der Waals surface area contributed by atoms with Crippen LogP contribution >= 0.6 is 0 Å². The van der Waals surface area contributed by atoms with Crippen LogP contribution in [0.25, 0.3) is 0 Å². The van der Waals surface area contributed by atoms with Crippen LogP contribution < -0.4 is 5.32 Å². The van der Waals surface area contributed by atoms with Crippen molar-refractivity contribution < 1.29 is 27.2 Å². The number of rotatable bonds is 4. The van der Waals surface area contributed by atoms with E-state index in [0.717, 1.165) is 17.9 Å². The number of likely N-dealkylation sites (tertiary alicyclic amines) is 1. The summed E-state index contributed by atoms with van der Waals surface area (Å²) in [6.07, 6.45) is -3.27. The van der Waals surface area contributed by atoms with Crippen molar-refractivity contribution >= 4 is 11.8 Å². The smallest absolute Gasteiger partial charge is 0.416 e. The van der Waals surface area contributed by atoms with Crippen molar-refractivity contribution in [1.29, 1.82) is 0 Å². The van der Waals surface area contributed by atoms with Gasteiger partial charge in [0.1, 0.15) is 11.5 Å². The average Bonchev–Trinajstić information content (AvgIpc) is 3.10. The molecule has 3 rings (SSSR count). The highest BCUT2D eigenvalue weighted by atomic mass is 19.4. The molecule has 0 spiro atoms. The molecule has 0 radical (unpaired) electrons. The topological polar surface area (TPSA) is 62.6 Å². The Morgan fingerprint density at radius 3 is 2.71 bits per heavy atom. The van der Waals surface area contributed by atoms with Gasteiger partial charge in [-0.2, -0.15) is 13.2 Å². The zero-order chi connectivity index (χ0) is 20.3. The molecule has 28 heavy (non-hydrogen) atoms. The fourth-order valence-electron chi connectivity index (χ4n) is 3.29. The molecule has 1 N–H and O–H groups in total. The Morgan fingerprint density at radius 1 is 1.25 bits per heavy atom. The molecule has 2 aromatic rings. The van der Waals surface area contributed by atoms with Gasteiger partial charge in [-0.05, 0) is 50.1 Å². The first kappa shape index (κ1) is 20.0. The summed E-state index contributed by atoms with van der Waals surface area (Å²) in [6, 6.07) is 7.94. The van der Waals surface area contributed by atoms with E-state index in [1.807, 2.05) is 6.92 Å². The van der Waals surface area contributed by atoms with Gasteiger partial charge in [-0.1, -0.05) is 6.07 Å². The van der Waals surface area contributed by atoms with Crippen molar-refractivity contribution in [2.75, 3.05) is 13.1 Å². The lowest BCUT2D eigenvalue weighted by Crippen LogP contribution is -2.45. The van der Waals surface area contributed by atoms with Gasteiger partial charge >= 0.3 is 6.18 Å². The first-order valence-electron chi connectivity index (χ1n) is 9.03. The Morgan fingerprint density at radius 2 is 2.04 bits per heavy atom. The number of nitrogens with zero attached hydrogens (tertiary/aromatic N) is 1. The number of piperidine rings is 1. The van der Waals surface area contributed by atoms with Crippen LogP contribution in [0.5, 0.6) is 0 Å². The van der Waals surface area contributed by atoms with Crippen LogP contribution in [0, 0.1) is 12.8 Å². The minimum absolute atomic E-state index is 0.0260. The van der Waals surface area contributed by atoms with Crippen LogP contribution in [0.4, 0.5) is 13.2 Å². The largest absolute Gasteiger partial charge is 0.465 e. The number of alkyl halides is 3. The fraction of sp³-hybridized carbons (Fsp3) is 0.400. The van der Waals surface area contributed by atoms with E-state index < -0.39 is 23.6 Å². The number of amides is 2. The number of furan rings is 1. The molecule has 1 aliphatic rings. The number of halogens is 3. The maximum Gasteiger partial charge on any atom is 0.416 e. The molecule has 0 saturated carbocycles. The quantitative estimate of drug-likeness (QED) is 0.859. The molecule has 1 fully saturated rings. The second-order valence-corrected chi connectivity index (χ2v) is 6.90. The number of benzene rings is 1. The molecule has 1 aliphatic heterocycles. The van der Waals surface area contributed by atoms with Crippen molar-refractivity contribution in [3.8, 4) is 0 Å². The third kappa shape index (κ3) is 4.74. The Balaban J connectivity index is 1.62. The lowest BCUT2D eigenvalue weighted by atomic mass is 9.96. The molecule has 8 heteroatoms. The van der Waals surface area contributed by atoms with Crippen molar-refractivity contribution in [3.63, 3.8) is 0 Å². The Bertz CT molecular complexity index is 860. The molecule has 2 heterocycles. The van der Waals surface area contributed by atoms with E-state index in [4.69, 9.17) is 4.42 Å². The summed E-state index contributed by atoms with van der Waals surface area (Å²) in [7, 11) is 0. The van der Waals surface area contributed by atoms with E-state index in [1.54, 1.807) is 12.1 Å². The van der Waals surface area contributed by atoms with Crippen molar-refractivity contribution in [1.82, 2.24) is 10.2 Å². The summed E-state index contributed by atoms with van der Waals surface area (Å²) in [5.74, 6) is 0.291. The van der Waals surface area contributed by atoms with Gasteiger partial charge in [0, 0.05) is 18.7 Å². The first-order chi connectivity index (χ1) is 13.2. The lowest BCUT2D eigenvalue weighted by Gasteiger charge is -2.32. The normalized spacial score (nSPS) is 17.4. The molecule has 150 valence electrons. The molecule has 5 nitrogen and oxygen atoms in total. The minimum atomic E-state index is -4.51. The molecule has 1 aromatic heterocycles. The summed E-state index contributed by atoms with van der Waals surface area (Å²) >= 11 is 0. The summed E-state index contributed by atoms with van der Waals surface area (Å²) in [4.78, 5) is 26.5. The molecule has 2 amide bonds. The fourth-order valence-corrected chi connectivity index (χ4v) is 3.29. The van der Waals surface area contributed by atoms with Gasteiger partial charge in [0.25, 0.3) is 5.91 Å². The number of hydrogen-bond donors (Lipinski definition) is 1. The standard InChI is InChI=1S/C20H21F3N2O3/c1-13-7-8-17(28-13)11-24-18(26)15-5-3-9-25(12-15)19(27)14-4-2-6-16(10-14)20(21,22)23/h2,4,6-8,10,15H,3,5,9,11-12H2,1H3,(H,24,26)/t15-/m1/s1. The van der Waals surface area contributed by atoms with Crippen LogP contribution in [-0.4, -0.2) is 29.8 Å². The van der Waals surface area contributed by atoms with Gasteiger partial charge in [-0.3, -0.25) is 9.59 Å². The number of nitrogens with one attached hydrogen (secondary N) is 1. The summed E-state index contributed by atoms with van der Waals surface area (Å²) in [5.41, 5.74) is -0.889. The third-order valence-electron chi connectivity index (χ3n) is 4.75. The number of carbonyl (C=O) groups excluding carboxylic acids is 2. The van der Waals surface area contributed by atoms with E-state index in [0.29, 0.717) is 25.1 Å². The van der Waals surface area contributed by atoms with Crippen LogP contribution in [0.2, 0.25) is 0 Å². The molecule has 0 bridgehead atoms. The maximum absolute atomic E-state index is 12.9. The van der Waals surface area contributed by atoms with E-state index in [2.05, 4.69) is 5.32 Å². The number of carbonyl (C=O) groups is 2. The van der Waals surface area contributed by atoms with Crippen LogP contribution in [-0.2, 0) is 17.5 Å². The molecule has 1 saturated heterocycles. The third-order valence-corrected chi connectivity index (χ3v) is 4.75. The first-order valence-corrected chi connectivity index (χ1v) is 9.03. The number of aryl methyl sites for hydroxylation is 1. The maximum atomic E-state index is 12.9. The summed E-state index contributed by atoms with van der Waals surface area (Å²) < 4.78 is 44.1. The van der Waals surface area contributed by atoms with E-state index in [9.17, 15) is 22.8 Å². The van der Waals surface area contributed by atoms with Gasteiger partial charge in [0.2, 0.25) is 5.91 Å². The Kier molecular flexibility index (Phi) is 5.76. The minimum Gasteiger partial charge on any atom is -0.465 e. The Labute approximate surface area is 160 Å². The van der Waals surface area contributed by atoms with E-state index in [1.165, 1.54) is 17.0 Å². The second-order valence-electron chi connectivity index (χ2n) is 6.90. The highest BCUT2D eigenvalue weighted by Gasteiger charge is 2.33. The van der Waals surface area contributed by atoms with Gasteiger partial charge in [-0.25, -0.2) is 0 Å². The second kappa shape index (κ2) is 8.08. The molecule has 0 unspecified atom stereocenters. The van der Waals surface area contributed by atoms with Crippen molar-refractivity contribution in [2.24, 2.45) is 5.92 Å². The Hall–Kier alpha value is -2.77. The van der Waals surface area contributed by atoms with Gasteiger partial charge in [0.15, 0.2) is 0 Å². The van der Waals surface area contributed by atoms with Crippen LogP contribution in [0.3, 0.4) is 0 Å². The summed E-state index contributed by atoms with van der Waals surface area (Å²) in [6.45, 7) is 2.66. The molecule has 1 aromatic carbocycles. The van der Waals surface area contributed by atoms with Gasteiger partial charge in [0.05, 0.1) is 18.0 Å². The van der Waals surface area contributed by atoms with Crippen molar-refractivity contribution in [3.05, 3.63) is 59.0 Å². The average molecular weight is 394 g/mol. The van der Waals surface area contributed by atoms with Gasteiger partial charge < -0.3 is 14.6 Å². The number of hydrogen-bond acceptors (Lipinski definition) is 3. The highest BCUT2D eigenvalue weighted by molar-refractivity contribution is 5.95. The molecular weight excluding hydrogens is 373 g/mol. The van der Waals surface area contributed by atoms with Crippen molar-refractivity contribution in [2.45, 2.75) is 32.5 Å². The van der Waals surface area contributed by atoms with Crippen LogP contribution in [0.1, 0.15) is 40.3 Å². The van der Waals surface area contributed by atoms with Crippen LogP contribution in [0.15, 0.2) is 40.8 Å². The monoisotopic (exact) mass is 394 g/mol. The molecule has 1 atom stereocenters. The predicted molar refractivity (Wildman–Crippen MR) is 95.4 cm³/mol. The highest BCUT2D eigenvalue weighted by Crippen LogP contribution is 2.30. The molecular formula is C20H21F3N2O3. The lowest BCUT2D eigenvalue weighted by molar-refractivity contribution is -0.137. The van der Waals surface area contributed by atoms with E-state index in [-0.39, 0.29) is 24.6 Å². The molecule has 0 aliphatic carbocycles. The SMILES string of the molecule is Cc1ccc(CNC(=O)[C@@H]2CCCN(C(=O)c3cccc(C(F)(F)F)c3)C2)o1. The predicted octanol–water partition coefficient (Wildman–Crippen LogP) is 3.78. The van der Waals surface area contributed by atoms with E-state index >= 15 is 0 Å².